The van der Waals surface area contributed by atoms with Gasteiger partial charge in [0.15, 0.2) is 0 Å². The molecule has 0 radical (unpaired) electrons. The standard InChI is InChI=1S/C22H20ClF3N4O/c1-13-2-4-17(22(24,25)26)16(8-13)21(31)30-7-6-14(12-30)10-28-20-11-27-19-9-15(23)3-5-18(19)29-20/h2-5,8-9,11,14H,6-7,10,12H2,1H3,(H,28,29). The second-order valence-corrected chi connectivity index (χ2v) is 8.16. The van der Waals surface area contributed by atoms with Gasteiger partial charge in [-0.05, 0) is 49.6 Å². The first-order valence-corrected chi connectivity index (χ1v) is 10.2. The Morgan fingerprint density at radius 2 is 2.03 bits per heavy atom. The maximum atomic E-state index is 13.3. The molecule has 0 spiro atoms. The molecule has 1 atom stereocenters. The fraction of sp³-hybridized carbons (Fsp3) is 0.318. The van der Waals surface area contributed by atoms with Crippen molar-refractivity contribution >= 4 is 34.4 Å². The summed E-state index contributed by atoms with van der Waals surface area (Å²) in [6, 6.07) is 8.91. The number of hydrogen-bond acceptors (Lipinski definition) is 4. The van der Waals surface area contributed by atoms with Crippen LogP contribution in [0.1, 0.15) is 27.9 Å². The number of carbonyl (C=O) groups is 1. The lowest BCUT2D eigenvalue weighted by molar-refractivity contribution is -0.138. The van der Waals surface area contributed by atoms with Gasteiger partial charge in [-0.1, -0.05) is 23.2 Å². The van der Waals surface area contributed by atoms with Crippen molar-refractivity contribution in [2.24, 2.45) is 5.92 Å². The van der Waals surface area contributed by atoms with Gasteiger partial charge in [0.05, 0.1) is 28.4 Å². The van der Waals surface area contributed by atoms with Gasteiger partial charge in [-0.15, -0.1) is 0 Å². The molecule has 1 N–H and O–H groups in total. The van der Waals surface area contributed by atoms with Crippen molar-refractivity contribution in [1.29, 1.82) is 0 Å². The summed E-state index contributed by atoms with van der Waals surface area (Å²) in [5.74, 6) is 0.115. The predicted octanol–water partition coefficient (Wildman–Crippen LogP) is 5.18. The Morgan fingerprint density at radius 1 is 1.23 bits per heavy atom. The van der Waals surface area contributed by atoms with E-state index in [-0.39, 0.29) is 11.5 Å². The molecule has 4 rings (SSSR count). The zero-order valence-corrected chi connectivity index (χ0v) is 17.5. The molecule has 1 aromatic heterocycles. The first-order chi connectivity index (χ1) is 14.7. The van der Waals surface area contributed by atoms with Crippen molar-refractivity contribution in [3.05, 3.63) is 64.3 Å². The molecule has 2 heterocycles. The zero-order chi connectivity index (χ0) is 22.2. The van der Waals surface area contributed by atoms with Gasteiger partial charge < -0.3 is 10.2 Å². The minimum atomic E-state index is -4.57. The summed E-state index contributed by atoms with van der Waals surface area (Å²) in [4.78, 5) is 23.1. The van der Waals surface area contributed by atoms with Crippen molar-refractivity contribution in [2.75, 3.05) is 25.0 Å². The van der Waals surface area contributed by atoms with E-state index in [2.05, 4.69) is 15.3 Å². The highest BCUT2D eigenvalue weighted by molar-refractivity contribution is 6.31. The Balaban J connectivity index is 1.41. The second-order valence-electron chi connectivity index (χ2n) is 7.72. The van der Waals surface area contributed by atoms with Crippen LogP contribution in [0.5, 0.6) is 0 Å². The van der Waals surface area contributed by atoms with Gasteiger partial charge in [-0.25, -0.2) is 4.98 Å². The largest absolute Gasteiger partial charge is 0.417 e. The van der Waals surface area contributed by atoms with E-state index in [0.29, 0.717) is 53.5 Å². The summed E-state index contributed by atoms with van der Waals surface area (Å²) in [7, 11) is 0. The number of likely N-dealkylation sites (tertiary alicyclic amines) is 1. The van der Waals surface area contributed by atoms with Gasteiger partial charge in [0, 0.05) is 24.7 Å². The first kappa shape index (κ1) is 21.4. The normalized spacial score (nSPS) is 16.7. The molecule has 1 fully saturated rings. The Hall–Kier alpha value is -2.87. The Bertz CT molecular complexity index is 1140. The fourth-order valence-corrected chi connectivity index (χ4v) is 3.92. The molecule has 3 aromatic rings. The van der Waals surface area contributed by atoms with E-state index < -0.39 is 17.6 Å². The van der Waals surface area contributed by atoms with Crippen LogP contribution in [0.25, 0.3) is 11.0 Å². The second kappa shape index (κ2) is 8.34. The predicted molar refractivity (Wildman–Crippen MR) is 113 cm³/mol. The van der Waals surface area contributed by atoms with E-state index >= 15 is 0 Å². The first-order valence-electron chi connectivity index (χ1n) is 9.84. The Morgan fingerprint density at radius 3 is 2.81 bits per heavy atom. The number of carbonyl (C=O) groups excluding carboxylic acids is 1. The summed E-state index contributed by atoms with van der Waals surface area (Å²) >= 11 is 5.95. The summed E-state index contributed by atoms with van der Waals surface area (Å²) in [6.07, 6.45) is -2.26. The van der Waals surface area contributed by atoms with E-state index in [0.717, 1.165) is 6.07 Å². The van der Waals surface area contributed by atoms with Crippen LogP contribution >= 0.6 is 11.6 Å². The number of rotatable bonds is 4. The highest BCUT2D eigenvalue weighted by Gasteiger charge is 2.37. The number of nitrogens with one attached hydrogen (secondary N) is 1. The van der Waals surface area contributed by atoms with Gasteiger partial charge in [-0.2, -0.15) is 13.2 Å². The Kier molecular flexibility index (Phi) is 5.75. The third-order valence-corrected chi connectivity index (χ3v) is 5.60. The van der Waals surface area contributed by atoms with Crippen LogP contribution < -0.4 is 5.32 Å². The quantitative estimate of drug-likeness (QED) is 0.597. The van der Waals surface area contributed by atoms with Gasteiger partial charge in [0.25, 0.3) is 5.91 Å². The van der Waals surface area contributed by atoms with Crippen molar-refractivity contribution in [3.63, 3.8) is 0 Å². The summed E-state index contributed by atoms with van der Waals surface area (Å²) < 4.78 is 40.0. The summed E-state index contributed by atoms with van der Waals surface area (Å²) in [5, 5.41) is 3.80. The van der Waals surface area contributed by atoms with Crippen LogP contribution in [0.3, 0.4) is 0 Å². The van der Waals surface area contributed by atoms with E-state index in [1.165, 1.54) is 17.0 Å². The number of aryl methyl sites for hydroxylation is 1. The van der Waals surface area contributed by atoms with Crippen LogP contribution in [-0.4, -0.2) is 40.4 Å². The number of alkyl halides is 3. The number of hydrogen-bond donors (Lipinski definition) is 1. The third-order valence-electron chi connectivity index (χ3n) is 5.36. The molecule has 9 heteroatoms. The molecule has 5 nitrogen and oxygen atoms in total. The molecule has 1 aliphatic heterocycles. The highest BCUT2D eigenvalue weighted by atomic mass is 35.5. The molecule has 162 valence electrons. The van der Waals surface area contributed by atoms with Crippen molar-refractivity contribution in [3.8, 4) is 0 Å². The smallest absolute Gasteiger partial charge is 0.368 e. The van der Waals surface area contributed by atoms with E-state index in [9.17, 15) is 18.0 Å². The number of halogens is 4. The number of anilines is 1. The van der Waals surface area contributed by atoms with Crippen LogP contribution in [0, 0.1) is 12.8 Å². The molecule has 1 unspecified atom stereocenters. The van der Waals surface area contributed by atoms with E-state index in [1.54, 1.807) is 31.3 Å². The SMILES string of the molecule is Cc1ccc(C(F)(F)F)c(C(=O)N2CCC(CNc3cnc4cc(Cl)ccc4n3)C2)c1. The molecule has 1 saturated heterocycles. The monoisotopic (exact) mass is 448 g/mol. The minimum absolute atomic E-state index is 0.103. The molecular formula is C22H20ClF3N4O. The van der Waals surface area contributed by atoms with Crippen molar-refractivity contribution in [2.45, 2.75) is 19.5 Å². The zero-order valence-electron chi connectivity index (χ0n) is 16.7. The molecule has 0 saturated carbocycles. The van der Waals surface area contributed by atoms with Gasteiger partial charge in [0.2, 0.25) is 0 Å². The lowest BCUT2D eigenvalue weighted by Crippen LogP contribution is -2.31. The van der Waals surface area contributed by atoms with E-state index in [1.807, 2.05) is 0 Å². The van der Waals surface area contributed by atoms with E-state index in [4.69, 9.17) is 11.6 Å². The molecule has 1 aliphatic rings. The topological polar surface area (TPSA) is 58.1 Å². The third kappa shape index (κ3) is 4.74. The average molecular weight is 449 g/mol. The lowest BCUT2D eigenvalue weighted by atomic mass is 10.0. The number of benzene rings is 2. The molecular weight excluding hydrogens is 429 g/mol. The number of nitrogens with zero attached hydrogens (tertiary/aromatic N) is 3. The lowest BCUT2D eigenvalue weighted by Gasteiger charge is -2.20. The maximum absolute atomic E-state index is 13.3. The molecule has 0 bridgehead atoms. The van der Waals surface area contributed by atoms with Crippen LogP contribution in [0.4, 0.5) is 19.0 Å². The van der Waals surface area contributed by atoms with Crippen molar-refractivity contribution in [1.82, 2.24) is 14.9 Å². The summed E-state index contributed by atoms with van der Waals surface area (Å²) in [6.45, 7) is 3.01. The minimum Gasteiger partial charge on any atom is -0.368 e. The number of aromatic nitrogens is 2. The molecule has 2 aromatic carbocycles. The van der Waals surface area contributed by atoms with Crippen LogP contribution in [0.2, 0.25) is 5.02 Å². The maximum Gasteiger partial charge on any atom is 0.417 e. The molecule has 1 amide bonds. The summed E-state index contributed by atoms with van der Waals surface area (Å²) in [5.41, 5.74) is 0.826. The van der Waals surface area contributed by atoms with Gasteiger partial charge >= 0.3 is 6.18 Å². The van der Waals surface area contributed by atoms with Gasteiger partial charge in [0.1, 0.15) is 5.82 Å². The van der Waals surface area contributed by atoms with Crippen LogP contribution in [-0.2, 0) is 6.18 Å². The molecule has 0 aliphatic carbocycles. The molecule has 31 heavy (non-hydrogen) atoms. The number of fused-ring (bicyclic) bond motifs is 1. The van der Waals surface area contributed by atoms with Gasteiger partial charge in [-0.3, -0.25) is 9.78 Å². The van der Waals surface area contributed by atoms with Crippen LogP contribution in [0.15, 0.2) is 42.6 Å². The Labute approximate surface area is 182 Å². The van der Waals surface area contributed by atoms with Crippen molar-refractivity contribution < 1.29 is 18.0 Å². The average Bonchev–Trinajstić information content (AvgIpc) is 3.19. The fourth-order valence-electron chi connectivity index (χ4n) is 3.75. The number of amides is 1. The highest BCUT2D eigenvalue weighted by Crippen LogP contribution is 2.33.